The SMILES string of the molecule is Cc1nnc(N2C(=O)C(=O)/C(=C(/O)c3nc4c(C)cccn4c3C)C2c2ccccc2F)s1. The number of aromatic nitrogens is 4. The number of aliphatic hydroxyl groups excluding tert-OH is 1. The summed E-state index contributed by atoms with van der Waals surface area (Å²) in [6, 6.07) is 8.32. The molecule has 1 saturated heterocycles. The van der Waals surface area contributed by atoms with Crippen LogP contribution in [0.5, 0.6) is 0 Å². The Balaban J connectivity index is 1.79. The normalized spacial score (nSPS) is 17.9. The molecule has 4 aromatic rings. The summed E-state index contributed by atoms with van der Waals surface area (Å²) in [6.07, 6.45) is 1.79. The molecule has 33 heavy (non-hydrogen) atoms. The van der Waals surface area contributed by atoms with Crippen LogP contribution in [0.3, 0.4) is 0 Å². The van der Waals surface area contributed by atoms with Gasteiger partial charge in [-0.2, -0.15) is 0 Å². The number of fused-ring (bicyclic) bond motifs is 1. The van der Waals surface area contributed by atoms with Crippen LogP contribution in [0.15, 0.2) is 48.2 Å². The summed E-state index contributed by atoms with van der Waals surface area (Å²) >= 11 is 1.10. The van der Waals surface area contributed by atoms with Gasteiger partial charge in [-0.05, 0) is 38.5 Å². The molecule has 1 unspecified atom stereocenters. The molecule has 0 spiro atoms. The second-order valence-electron chi connectivity index (χ2n) is 7.72. The fourth-order valence-corrected chi connectivity index (χ4v) is 4.79. The van der Waals surface area contributed by atoms with Crippen LogP contribution in [0.25, 0.3) is 11.4 Å². The van der Waals surface area contributed by atoms with Crippen LogP contribution in [0.2, 0.25) is 0 Å². The summed E-state index contributed by atoms with van der Waals surface area (Å²) in [7, 11) is 0. The number of hydrogen-bond donors (Lipinski definition) is 1. The lowest BCUT2D eigenvalue weighted by Gasteiger charge is -2.22. The molecular weight excluding hydrogens is 445 g/mol. The molecule has 1 aliphatic rings. The van der Waals surface area contributed by atoms with E-state index in [4.69, 9.17) is 0 Å². The van der Waals surface area contributed by atoms with Crippen LogP contribution in [-0.4, -0.2) is 36.4 Å². The highest BCUT2D eigenvalue weighted by Crippen LogP contribution is 2.43. The molecule has 1 aromatic carbocycles. The van der Waals surface area contributed by atoms with Crippen molar-refractivity contribution in [2.45, 2.75) is 26.8 Å². The topological polar surface area (TPSA) is 101 Å². The van der Waals surface area contributed by atoms with Crippen molar-refractivity contribution >= 4 is 39.6 Å². The van der Waals surface area contributed by atoms with Gasteiger partial charge in [0.25, 0.3) is 5.78 Å². The highest BCUT2D eigenvalue weighted by atomic mass is 32.1. The number of ketones is 1. The molecule has 0 radical (unpaired) electrons. The largest absolute Gasteiger partial charge is 0.505 e. The van der Waals surface area contributed by atoms with Crippen molar-refractivity contribution in [1.82, 2.24) is 19.6 Å². The lowest BCUT2D eigenvalue weighted by Crippen LogP contribution is -2.29. The standard InChI is InChI=1S/C23H18FN5O3S/c1-11-7-6-10-28-12(2)17(25-21(11)28)19(30)16-18(14-8-4-5-9-15(14)24)29(22(32)20(16)31)23-27-26-13(3)33-23/h4-10,18,30H,1-3H3/b19-16+. The Labute approximate surface area is 191 Å². The first kappa shape index (κ1) is 21.0. The Kier molecular flexibility index (Phi) is 4.82. The smallest absolute Gasteiger partial charge is 0.301 e. The Bertz CT molecular complexity index is 1490. The molecule has 1 N–H and O–H groups in total. The van der Waals surface area contributed by atoms with Crippen molar-refractivity contribution in [3.8, 4) is 0 Å². The van der Waals surface area contributed by atoms with Crippen LogP contribution in [0.4, 0.5) is 9.52 Å². The maximum absolute atomic E-state index is 14.9. The molecule has 0 bridgehead atoms. The summed E-state index contributed by atoms with van der Waals surface area (Å²) in [6.45, 7) is 5.33. The third-order valence-corrected chi connectivity index (χ3v) is 6.51. The van der Waals surface area contributed by atoms with Gasteiger partial charge < -0.3 is 9.51 Å². The molecule has 1 atom stereocenters. The molecule has 1 fully saturated rings. The Hall–Kier alpha value is -3.92. The number of imidazole rings is 1. The van der Waals surface area contributed by atoms with E-state index >= 15 is 0 Å². The molecule has 4 heterocycles. The van der Waals surface area contributed by atoms with Gasteiger partial charge in [-0.15, -0.1) is 10.2 Å². The van der Waals surface area contributed by atoms with E-state index in [0.717, 1.165) is 21.8 Å². The van der Waals surface area contributed by atoms with E-state index in [-0.39, 0.29) is 22.0 Å². The number of pyridine rings is 1. The number of nitrogens with zero attached hydrogens (tertiary/aromatic N) is 5. The maximum atomic E-state index is 14.9. The average Bonchev–Trinajstić information content (AvgIpc) is 3.44. The molecule has 1 aliphatic heterocycles. The van der Waals surface area contributed by atoms with Gasteiger partial charge in [-0.25, -0.2) is 9.37 Å². The third kappa shape index (κ3) is 3.13. The van der Waals surface area contributed by atoms with Crippen LogP contribution in [0.1, 0.15) is 33.6 Å². The number of Topliss-reactive ketones (excluding diaryl/α,β-unsaturated/α-hetero) is 1. The van der Waals surface area contributed by atoms with E-state index < -0.39 is 29.3 Å². The van der Waals surface area contributed by atoms with E-state index in [2.05, 4.69) is 15.2 Å². The summed E-state index contributed by atoms with van der Waals surface area (Å²) in [5.41, 5.74) is 2.02. The molecular formula is C23H18FN5O3S. The number of halogens is 1. The zero-order valence-corrected chi connectivity index (χ0v) is 18.7. The van der Waals surface area contributed by atoms with Gasteiger partial charge in [0.2, 0.25) is 5.13 Å². The maximum Gasteiger partial charge on any atom is 0.301 e. The zero-order chi connectivity index (χ0) is 23.4. The fraction of sp³-hybridized carbons (Fsp3) is 0.174. The second kappa shape index (κ2) is 7.59. The number of carbonyl (C=O) groups excluding carboxylic acids is 2. The monoisotopic (exact) mass is 463 g/mol. The third-order valence-electron chi connectivity index (χ3n) is 5.67. The molecule has 0 saturated carbocycles. The molecule has 10 heteroatoms. The van der Waals surface area contributed by atoms with Gasteiger partial charge in [-0.3, -0.25) is 14.5 Å². The predicted octanol–water partition coefficient (Wildman–Crippen LogP) is 3.88. The lowest BCUT2D eigenvalue weighted by atomic mass is 9.96. The van der Waals surface area contributed by atoms with E-state index in [0.29, 0.717) is 16.3 Å². The van der Waals surface area contributed by atoms with E-state index in [1.54, 1.807) is 30.5 Å². The van der Waals surface area contributed by atoms with E-state index in [9.17, 15) is 19.1 Å². The first-order valence-corrected chi connectivity index (χ1v) is 10.9. The molecule has 5 rings (SSSR count). The minimum Gasteiger partial charge on any atom is -0.505 e. The molecule has 3 aromatic heterocycles. The Morgan fingerprint density at radius 3 is 2.52 bits per heavy atom. The summed E-state index contributed by atoms with van der Waals surface area (Å²) in [5.74, 6) is -2.95. The fourth-order valence-electron chi connectivity index (χ4n) is 4.08. The molecule has 166 valence electrons. The number of aryl methyl sites for hydroxylation is 3. The van der Waals surface area contributed by atoms with Crippen molar-refractivity contribution in [1.29, 1.82) is 0 Å². The van der Waals surface area contributed by atoms with E-state index in [1.807, 2.05) is 19.1 Å². The zero-order valence-electron chi connectivity index (χ0n) is 17.9. The number of amides is 1. The quantitative estimate of drug-likeness (QED) is 0.281. The average molecular weight is 463 g/mol. The summed E-state index contributed by atoms with van der Waals surface area (Å²) < 4.78 is 16.7. The van der Waals surface area contributed by atoms with Crippen LogP contribution in [0, 0.1) is 26.6 Å². The molecule has 1 amide bonds. The van der Waals surface area contributed by atoms with Crippen LogP contribution in [-0.2, 0) is 9.59 Å². The number of aliphatic hydroxyl groups is 1. The first-order chi connectivity index (χ1) is 15.8. The number of hydrogen-bond acceptors (Lipinski definition) is 7. The molecule has 0 aliphatic carbocycles. The van der Waals surface area contributed by atoms with Gasteiger partial charge in [0, 0.05) is 11.8 Å². The molecule has 8 nitrogen and oxygen atoms in total. The van der Waals surface area contributed by atoms with Crippen molar-refractivity contribution in [3.63, 3.8) is 0 Å². The van der Waals surface area contributed by atoms with Gasteiger partial charge >= 0.3 is 5.91 Å². The summed E-state index contributed by atoms with van der Waals surface area (Å²) in [5, 5.41) is 20.0. The minimum atomic E-state index is -1.22. The predicted molar refractivity (Wildman–Crippen MR) is 120 cm³/mol. The summed E-state index contributed by atoms with van der Waals surface area (Å²) in [4.78, 5) is 31.9. The Morgan fingerprint density at radius 2 is 1.85 bits per heavy atom. The van der Waals surface area contributed by atoms with Gasteiger partial charge in [0.1, 0.15) is 28.2 Å². The van der Waals surface area contributed by atoms with Crippen molar-refractivity contribution < 1.29 is 19.1 Å². The number of carbonyl (C=O) groups is 2. The number of anilines is 1. The van der Waals surface area contributed by atoms with Gasteiger partial charge in [-0.1, -0.05) is 35.6 Å². The second-order valence-corrected chi connectivity index (χ2v) is 8.88. The van der Waals surface area contributed by atoms with Crippen LogP contribution < -0.4 is 4.90 Å². The minimum absolute atomic E-state index is 0.0590. The highest BCUT2D eigenvalue weighted by molar-refractivity contribution is 7.15. The lowest BCUT2D eigenvalue weighted by molar-refractivity contribution is -0.132. The van der Waals surface area contributed by atoms with Crippen LogP contribution >= 0.6 is 11.3 Å². The van der Waals surface area contributed by atoms with Crippen molar-refractivity contribution in [2.75, 3.05) is 4.90 Å². The van der Waals surface area contributed by atoms with Crippen molar-refractivity contribution in [2.24, 2.45) is 0 Å². The highest BCUT2D eigenvalue weighted by Gasteiger charge is 2.49. The van der Waals surface area contributed by atoms with Gasteiger partial charge in [0.15, 0.2) is 5.76 Å². The number of benzene rings is 1. The van der Waals surface area contributed by atoms with Crippen molar-refractivity contribution in [3.05, 3.63) is 81.5 Å². The first-order valence-electron chi connectivity index (χ1n) is 10.1. The number of rotatable bonds is 3. The Morgan fingerprint density at radius 1 is 1.09 bits per heavy atom. The van der Waals surface area contributed by atoms with Gasteiger partial charge in [0.05, 0.1) is 11.3 Å². The van der Waals surface area contributed by atoms with E-state index in [1.165, 1.54) is 18.2 Å².